The van der Waals surface area contributed by atoms with E-state index in [1.807, 2.05) is 66.7 Å². The molecule has 2 amide bonds. The first-order chi connectivity index (χ1) is 15.1. The van der Waals surface area contributed by atoms with Gasteiger partial charge in [-0.2, -0.15) is 0 Å². The number of benzene rings is 3. The number of ether oxygens (including phenoxy) is 2. The molecule has 0 bridgehead atoms. The normalized spacial score (nSPS) is 15.6. The Morgan fingerprint density at radius 2 is 1.71 bits per heavy atom. The van der Waals surface area contributed by atoms with Gasteiger partial charge in [0.2, 0.25) is 5.91 Å². The van der Waals surface area contributed by atoms with Crippen molar-refractivity contribution in [3.05, 3.63) is 84.4 Å². The van der Waals surface area contributed by atoms with Crippen LogP contribution in [-0.4, -0.2) is 31.3 Å². The lowest BCUT2D eigenvalue weighted by atomic mass is 10.1. The SMILES string of the molecule is COc1ccc(N2C(=O)CSC2c2ccc(NC(=O)COc3ccccc3)cc2)cc1. The van der Waals surface area contributed by atoms with Gasteiger partial charge in [-0.25, -0.2) is 0 Å². The number of anilines is 2. The minimum Gasteiger partial charge on any atom is -0.497 e. The highest BCUT2D eigenvalue weighted by Gasteiger charge is 2.34. The number of nitrogens with zero attached hydrogens (tertiary/aromatic N) is 1. The number of amides is 2. The van der Waals surface area contributed by atoms with E-state index >= 15 is 0 Å². The van der Waals surface area contributed by atoms with Crippen LogP contribution in [0, 0.1) is 0 Å². The summed E-state index contributed by atoms with van der Waals surface area (Å²) in [4.78, 5) is 26.5. The van der Waals surface area contributed by atoms with Crippen LogP contribution in [0.5, 0.6) is 11.5 Å². The van der Waals surface area contributed by atoms with Crippen molar-refractivity contribution in [2.75, 3.05) is 29.7 Å². The number of methoxy groups -OCH3 is 1. The molecule has 1 aliphatic heterocycles. The smallest absolute Gasteiger partial charge is 0.262 e. The zero-order valence-electron chi connectivity index (χ0n) is 17.0. The molecule has 6 nitrogen and oxygen atoms in total. The van der Waals surface area contributed by atoms with E-state index in [0.717, 1.165) is 17.0 Å². The molecule has 1 saturated heterocycles. The third kappa shape index (κ3) is 5.00. The number of rotatable bonds is 7. The molecule has 31 heavy (non-hydrogen) atoms. The van der Waals surface area contributed by atoms with Gasteiger partial charge in [0, 0.05) is 11.4 Å². The first-order valence-electron chi connectivity index (χ1n) is 9.79. The molecular formula is C24H22N2O4S. The second-order valence-electron chi connectivity index (χ2n) is 6.90. The molecule has 3 aromatic carbocycles. The third-order valence-electron chi connectivity index (χ3n) is 4.81. The Hall–Kier alpha value is -3.45. The quantitative estimate of drug-likeness (QED) is 0.593. The highest BCUT2D eigenvalue weighted by molar-refractivity contribution is 8.00. The van der Waals surface area contributed by atoms with E-state index in [2.05, 4.69) is 5.32 Å². The zero-order valence-corrected chi connectivity index (χ0v) is 17.8. The summed E-state index contributed by atoms with van der Waals surface area (Å²) in [5, 5.41) is 2.71. The fourth-order valence-electron chi connectivity index (χ4n) is 3.29. The van der Waals surface area contributed by atoms with Crippen LogP contribution >= 0.6 is 11.8 Å². The standard InChI is InChI=1S/C24H22N2O4S/c1-29-20-13-11-19(12-14-20)26-23(28)16-31-24(26)17-7-9-18(10-8-17)25-22(27)15-30-21-5-3-2-4-6-21/h2-14,24H,15-16H2,1H3,(H,25,27). The van der Waals surface area contributed by atoms with E-state index in [9.17, 15) is 9.59 Å². The monoisotopic (exact) mass is 434 g/mol. The highest BCUT2D eigenvalue weighted by Crippen LogP contribution is 2.42. The Bertz CT molecular complexity index is 1040. The van der Waals surface area contributed by atoms with Crippen molar-refractivity contribution >= 4 is 35.0 Å². The lowest BCUT2D eigenvalue weighted by molar-refractivity contribution is -0.118. The molecule has 0 saturated carbocycles. The van der Waals surface area contributed by atoms with Crippen LogP contribution in [0.4, 0.5) is 11.4 Å². The molecule has 4 rings (SSSR count). The van der Waals surface area contributed by atoms with Crippen molar-refractivity contribution in [3.8, 4) is 11.5 Å². The number of carbonyl (C=O) groups excluding carboxylic acids is 2. The van der Waals surface area contributed by atoms with E-state index in [1.165, 1.54) is 0 Å². The van der Waals surface area contributed by atoms with Gasteiger partial charge < -0.3 is 14.8 Å². The summed E-state index contributed by atoms with van der Waals surface area (Å²) in [5.41, 5.74) is 2.50. The molecule has 7 heteroatoms. The number of nitrogens with one attached hydrogen (secondary N) is 1. The van der Waals surface area contributed by atoms with E-state index < -0.39 is 0 Å². The molecule has 1 atom stereocenters. The first-order valence-corrected chi connectivity index (χ1v) is 10.8. The Morgan fingerprint density at radius 1 is 1.00 bits per heavy atom. The Kier molecular flexibility index (Phi) is 6.43. The molecular weight excluding hydrogens is 412 g/mol. The van der Waals surface area contributed by atoms with Crippen LogP contribution in [-0.2, 0) is 9.59 Å². The molecule has 1 aliphatic rings. The third-order valence-corrected chi connectivity index (χ3v) is 6.02. The fraction of sp³-hybridized carbons (Fsp3) is 0.167. The van der Waals surface area contributed by atoms with E-state index in [1.54, 1.807) is 35.9 Å². The lowest BCUT2D eigenvalue weighted by Gasteiger charge is -2.24. The van der Waals surface area contributed by atoms with Gasteiger partial charge in [0.1, 0.15) is 16.9 Å². The largest absolute Gasteiger partial charge is 0.497 e. The van der Waals surface area contributed by atoms with Crippen LogP contribution in [0.3, 0.4) is 0 Å². The molecule has 0 radical (unpaired) electrons. The molecule has 3 aromatic rings. The number of hydrogen-bond donors (Lipinski definition) is 1. The molecule has 0 aromatic heterocycles. The average molecular weight is 435 g/mol. The summed E-state index contributed by atoms with van der Waals surface area (Å²) in [5.74, 6) is 1.65. The summed E-state index contributed by atoms with van der Waals surface area (Å²) < 4.78 is 10.7. The van der Waals surface area contributed by atoms with E-state index in [-0.39, 0.29) is 23.8 Å². The molecule has 158 valence electrons. The lowest BCUT2D eigenvalue weighted by Crippen LogP contribution is -2.27. The summed E-state index contributed by atoms with van der Waals surface area (Å²) in [7, 11) is 1.61. The van der Waals surface area contributed by atoms with Gasteiger partial charge in [-0.15, -0.1) is 11.8 Å². The highest BCUT2D eigenvalue weighted by atomic mass is 32.2. The minimum atomic E-state index is -0.234. The molecule has 1 heterocycles. The fourth-order valence-corrected chi connectivity index (χ4v) is 4.46. The predicted molar refractivity (Wildman–Crippen MR) is 123 cm³/mol. The second-order valence-corrected chi connectivity index (χ2v) is 7.97. The summed E-state index contributed by atoms with van der Waals surface area (Å²) in [6, 6.07) is 24.2. The van der Waals surface area contributed by atoms with Crippen molar-refractivity contribution in [2.24, 2.45) is 0 Å². The van der Waals surface area contributed by atoms with Gasteiger partial charge >= 0.3 is 0 Å². The summed E-state index contributed by atoms with van der Waals surface area (Å²) in [6.07, 6.45) is 0. The summed E-state index contributed by atoms with van der Waals surface area (Å²) in [6.45, 7) is -0.0655. The topological polar surface area (TPSA) is 67.9 Å². The van der Waals surface area contributed by atoms with Crippen molar-refractivity contribution in [2.45, 2.75) is 5.37 Å². The van der Waals surface area contributed by atoms with E-state index in [0.29, 0.717) is 17.2 Å². The van der Waals surface area contributed by atoms with Gasteiger partial charge in [0.05, 0.1) is 12.9 Å². The minimum absolute atomic E-state index is 0.0654. The van der Waals surface area contributed by atoms with Gasteiger partial charge in [-0.1, -0.05) is 30.3 Å². The maximum atomic E-state index is 12.5. The van der Waals surface area contributed by atoms with Crippen LogP contribution in [0.15, 0.2) is 78.9 Å². The summed E-state index contributed by atoms with van der Waals surface area (Å²) >= 11 is 1.58. The van der Waals surface area contributed by atoms with Crippen LogP contribution < -0.4 is 19.7 Å². The van der Waals surface area contributed by atoms with E-state index in [4.69, 9.17) is 9.47 Å². The van der Waals surface area contributed by atoms with Gasteiger partial charge in [0.25, 0.3) is 5.91 Å². The molecule has 1 fully saturated rings. The van der Waals surface area contributed by atoms with Crippen LogP contribution in [0.25, 0.3) is 0 Å². The maximum absolute atomic E-state index is 12.5. The molecule has 1 unspecified atom stereocenters. The Morgan fingerprint density at radius 3 is 2.39 bits per heavy atom. The maximum Gasteiger partial charge on any atom is 0.262 e. The molecule has 0 spiro atoms. The van der Waals surface area contributed by atoms with Crippen LogP contribution in [0.1, 0.15) is 10.9 Å². The van der Waals surface area contributed by atoms with Gasteiger partial charge in [-0.3, -0.25) is 14.5 Å². The van der Waals surface area contributed by atoms with Crippen molar-refractivity contribution in [3.63, 3.8) is 0 Å². The number of carbonyl (C=O) groups is 2. The number of thioether (sulfide) groups is 1. The Labute approximate surface area is 185 Å². The number of hydrogen-bond acceptors (Lipinski definition) is 5. The predicted octanol–water partition coefficient (Wildman–Crippen LogP) is 4.49. The van der Waals surface area contributed by atoms with Crippen LogP contribution in [0.2, 0.25) is 0 Å². The average Bonchev–Trinajstić information content (AvgIpc) is 3.20. The molecule has 1 N–H and O–H groups in total. The zero-order chi connectivity index (χ0) is 21.6. The van der Waals surface area contributed by atoms with Crippen molar-refractivity contribution in [1.82, 2.24) is 0 Å². The Balaban J connectivity index is 1.40. The molecule has 0 aliphatic carbocycles. The van der Waals surface area contributed by atoms with Crippen molar-refractivity contribution in [1.29, 1.82) is 0 Å². The second kappa shape index (κ2) is 9.57. The van der Waals surface area contributed by atoms with Gasteiger partial charge in [0.15, 0.2) is 6.61 Å². The number of para-hydroxylation sites is 1. The van der Waals surface area contributed by atoms with Gasteiger partial charge in [-0.05, 0) is 54.1 Å². The van der Waals surface area contributed by atoms with Crippen molar-refractivity contribution < 1.29 is 19.1 Å². The first kappa shape index (κ1) is 20.8.